The standard InChI is InChI=1S/C11H11N3O2/c15-11-10-9(2-1-3-13-10)16-7-8-6-12-4-5-14(8)11/h1-3,7,12H,4-6H2. The largest absolute Gasteiger partial charge is 0.461 e. The van der Waals surface area contributed by atoms with Gasteiger partial charge in [-0.25, -0.2) is 4.98 Å². The Morgan fingerprint density at radius 2 is 2.44 bits per heavy atom. The van der Waals surface area contributed by atoms with Gasteiger partial charge in [0.15, 0.2) is 11.4 Å². The zero-order valence-corrected chi connectivity index (χ0v) is 8.64. The number of fused-ring (bicyclic) bond motifs is 2. The molecule has 1 aromatic rings. The molecule has 0 bridgehead atoms. The first-order valence-electron chi connectivity index (χ1n) is 5.19. The van der Waals surface area contributed by atoms with Crippen LogP contribution in [0.25, 0.3) is 0 Å². The number of aromatic nitrogens is 1. The van der Waals surface area contributed by atoms with Crippen LogP contribution in [0, 0.1) is 0 Å². The van der Waals surface area contributed by atoms with Gasteiger partial charge < -0.3 is 15.0 Å². The molecule has 5 nitrogen and oxygen atoms in total. The first-order chi connectivity index (χ1) is 7.86. The zero-order chi connectivity index (χ0) is 11.0. The summed E-state index contributed by atoms with van der Waals surface area (Å²) in [6.45, 7) is 2.11. The molecule has 0 spiro atoms. The Labute approximate surface area is 92.7 Å². The van der Waals surface area contributed by atoms with Crippen LogP contribution >= 0.6 is 0 Å². The third kappa shape index (κ3) is 1.37. The topological polar surface area (TPSA) is 54.5 Å². The quantitative estimate of drug-likeness (QED) is 0.681. The van der Waals surface area contributed by atoms with Crippen molar-refractivity contribution in [2.24, 2.45) is 0 Å². The molecule has 0 atom stereocenters. The van der Waals surface area contributed by atoms with Crippen LogP contribution in [0.2, 0.25) is 0 Å². The number of nitrogens with zero attached hydrogens (tertiary/aromatic N) is 2. The fourth-order valence-electron chi connectivity index (χ4n) is 1.89. The van der Waals surface area contributed by atoms with Crippen LogP contribution in [0.4, 0.5) is 0 Å². The second-order valence-corrected chi connectivity index (χ2v) is 3.71. The molecular formula is C11H11N3O2. The lowest BCUT2D eigenvalue weighted by Gasteiger charge is -2.28. The summed E-state index contributed by atoms with van der Waals surface area (Å²) in [6.07, 6.45) is 3.23. The van der Waals surface area contributed by atoms with E-state index in [2.05, 4.69) is 10.3 Å². The normalized spacial score (nSPS) is 19.1. The highest BCUT2D eigenvalue weighted by atomic mass is 16.5. The molecule has 2 aliphatic rings. The molecular weight excluding hydrogens is 206 g/mol. The van der Waals surface area contributed by atoms with Crippen molar-refractivity contribution >= 4 is 5.91 Å². The van der Waals surface area contributed by atoms with Gasteiger partial charge in [-0.05, 0) is 12.1 Å². The molecule has 1 aromatic heterocycles. The van der Waals surface area contributed by atoms with E-state index in [1.807, 2.05) is 0 Å². The minimum atomic E-state index is -0.0825. The maximum atomic E-state index is 12.2. The molecule has 82 valence electrons. The Morgan fingerprint density at radius 1 is 1.50 bits per heavy atom. The molecule has 0 aromatic carbocycles. The number of ether oxygens (including phenoxy) is 1. The maximum Gasteiger partial charge on any atom is 0.280 e. The molecule has 1 fully saturated rings. The van der Waals surface area contributed by atoms with Gasteiger partial charge in [0.1, 0.15) is 6.26 Å². The molecule has 1 saturated heterocycles. The van der Waals surface area contributed by atoms with Crippen LogP contribution in [-0.4, -0.2) is 35.4 Å². The summed E-state index contributed by atoms with van der Waals surface area (Å²) in [5, 5.41) is 3.20. The number of nitrogens with one attached hydrogen (secondary N) is 1. The van der Waals surface area contributed by atoms with Crippen molar-refractivity contribution in [2.45, 2.75) is 0 Å². The molecule has 2 aliphatic heterocycles. The van der Waals surface area contributed by atoms with E-state index in [1.54, 1.807) is 29.5 Å². The highest BCUT2D eigenvalue weighted by Gasteiger charge is 2.28. The second-order valence-electron chi connectivity index (χ2n) is 3.71. The van der Waals surface area contributed by atoms with Gasteiger partial charge in [-0.1, -0.05) is 0 Å². The summed E-state index contributed by atoms with van der Waals surface area (Å²) < 4.78 is 5.46. The van der Waals surface area contributed by atoms with Crippen molar-refractivity contribution in [3.63, 3.8) is 0 Å². The molecule has 1 amide bonds. The monoisotopic (exact) mass is 217 g/mol. The Kier molecular flexibility index (Phi) is 2.11. The summed E-state index contributed by atoms with van der Waals surface area (Å²) in [6, 6.07) is 3.51. The summed E-state index contributed by atoms with van der Waals surface area (Å²) in [5.74, 6) is 0.440. The van der Waals surface area contributed by atoms with Crippen LogP contribution in [-0.2, 0) is 0 Å². The van der Waals surface area contributed by atoms with E-state index in [9.17, 15) is 4.79 Å². The average Bonchev–Trinajstić information content (AvgIpc) is 2.49. The number of carbonyl (C=O) groups excluding carboxylic acids is 1. The lowest BCUT2D eigenvalue weighted by atomic mass is 10.2. The molecule has 3 heterocycles. The number of hydrogen-bond donors (Lipinski definition) is 1. The van der Waals surface area contributed by atoms with E-state index in [4.69, 9.17) is 4.74 Å². The Hall–Kier alpha value is -1.88. The average molecular weight is 217 g/mol. The summed E-state index contributed by atoms with van der Waals surface area (Å²) in [7, 11) is 0. The number of pyridine rings is 1. The molecule has 1 N–H and O–H groups in total. The predicted octanol–water partition coefficient (Wildman–Crippen LogP) is 0.361. The Balaban J connectivity index is 2.07. The van der Waals surface area contributed by atoms with Gasteiger partial charge in [0.05, 0.1) is 5.70 Å². The first kappa shape index (κ1) is 9.35. The molecule has 5 heteroatoms. The number of amides is 1. The Morgan fingerprint density at radius 3 is 3.38 bits per heavy atom. The lowest BCUT2D eigenvalue weighted by Crippen LogP contribution is -2.44. The Bertz CT molecular complexity index is 470. The molecule has 0 unspecified atom stereocenters. The molecule has 0 saturated carbocycles. The minimum absolute atomic E-state index is 0.0825. The fraction of sp³-hybridized carbons (Fsp3) is 0.273. The van der Waals surface area contributed by atoms with Crippen molar-refractivity contribution in [2.75, 3.05) is 19.6 Å². The fourth-order valence-corrected chi connectivity index (χ4v) is 1.89. The van der Waals surface area contributed by atoms with E-state index in [0.29, 0.717) is 24.5 Å². The van der Waals surface area contributed by atoms with Crippen molar-refractivity contribution in [3.05, 3.63) is 36.0 Å². The zero-order valence-electron chi connectivity index (χ0n) is 8.64. The van der Waals surface area contributed by atoms with Crippen molar-refractivity contribution < 1.29 is 9.53 Å². The first-order valence-corrected chi connectivity index (χ1v) is 5.19. The second kappa shape index (κ2) is 3.61. The van der Waals surface area contributed by atoms with Gasteiger partial charge in [0.2, 0.25) is 0 Å². The third-order valence-corrected chi connectivity index (χ3v) is 2.71. The van der Waals surface area contributed by atoms with Crippen LogP contribution in [0.15, 0.2) is 30.3 Å². The number of rotatable bonds is 0. The molecule has 0 radical (unpaired) electrons. The molecule has 16 heavy (non-hydrogen) atoms. The highest BCUT2D eigenvalue weighted by Crippen LogP contribution is 2.24. The van der Waals surface area contributed by atoms with Crippen LogP contribution < -0.4 is 10.1 Å². The molecule has 3 rings (SSSR count). The minimum Gasteiger partial charge on any atom is -0.461 e. The number of piperazine rings is 1. The van der Waals surface area contributed by atoms with Crippen LogP contribution in [0.3, 0.4) is 0 Å². The van der Waals surface area contributed by atoms with E-state index in [1.165, 1.54) is 0 Å². The SMILES string of the molecule is O=C1c2ncccc2OC=C2CNCCN12. The maximum absolute atomic E-state index is 12.2. The van der Waals surface area contributed by atoms with Gasteiger partial charge in [-0.3, -0.25) is 4.79 Å². The third-order valence-electron chi connectivity index (χ3n) is 2.71. The van der Waals surface area contributed by atoms with Gasteiger partial charge in [0.25, 0.3) is 5.91 Å². The van der Waals surface area contributed by atoms with Gasteiger partial charge in [-0.2, -0.15) is 0 Å². The van der Waals surface area contributed by atoms with E-state index < -0.39 is 0 Å². The summed E-state index contributed by atoms with van der Waals surface area (Å²) in [4.78, 5) is 18.0. The molecule has 0 aliphatic carbocycles. The number of hydrogen-bond acceptors (Lipinski definition) is 4. The van der Waals surface area contributed by atoms with E-state index >= 15 is 0 Å². The highest BCUT2D eigenvalue weighted by molar-refractivity contribution is 5.96. The van der Waals surface area contributed by atoms with Crippen LogP contribution in [0.1, 0.15) is 10.5 Å². The van der Waals surface area contributed by atoms with Crippen molar-refractivity contribution in [3.8, 4) is 5.75 Å². The summed E-state index contributed by atoms with van der Waals surface area (Å²) in [5.41, 5.74) is 1.24. The van der Waals surface area contributed by atoms with E-state index in [0.717, 1.165) is 12.2 Å². The van der Waals surface area contributed by atoms with Crippen molar-refractivity contribution in [1.82, 2.24) is 15.2 Å². The van der Waals surface area contributed by atoms with E-state index in [-0.39, 0.29) is 5.91 Å². The van der Waals surface area contributed by atoms with Gasteiger partial charge in [-0.15, -0.1) is 0 Å². The predicted molar refractivity (Wildman–Crippen MR) is 56.9 cm³/mol. The summed E-state index contributed by atoms with van der Waals surface area (Å²) >= 11 is 0. The smallest absolute Gasteiger partial charge is 0.280 e. The number of carbonyl (C=O) groups is 1. The van der Waals surface area contributed by atoms with Gasteiger partial charge >= 0.3 is 0 Å². The lowest BCUT2D eigenvalue weighted by molar-refractivity contribution is 0.0786. The van der Waals surface area contributed by atoms with Crippen molar-refractivity contribution in [1.29, 1.82) is 0 Å². The van der Waals surface area contributed by atoms with Crippen LogP contribution in [0.5, 0.6) is 5.75 Å². The van der Waals surface area contributed by atoms with Gasteiger partial charge in [0, 0.05) is 25.8 Å².